The van der Waals surface area contributed by atoms with E-state index in [9.17, 15) is 9.59 Å². The van der Waals surface area contributed by atoms with Crippen molar-refractivity contribution in [1.82, 2.24) is 4.98 Å². The molecule has 2 aromatic rings. The van der Waals surface area contributed by atoms with E-state index in [1.54, 1.807) is 24.3 Å². The van der Waals surface area contributed by atoms with E-state index in [0.29, 0.717) is 12.2 Å². The molecule has 6 nitrogen and oxygen atoms in total. The molecule has 108 valence electrons. The van der Waals surface area contributed by atoms with Crippen LogP contribution in [0.5, 0.6) is 0 Å². The average Bonchev–Trinajstić information content (AvgIpc) is 2.45. The number of amides is 1. The standard InChI is InChI=1S/C14H12ClN3O3/c15-11-5-9(2-3-10(11)13(16)19)17-6-8-1-4-12(14(20)21)18-7-8/h1-5,7,17H,6H2,(H2,16,19)(H,20,21). The normalized spacial score (nSPS) is 10.1. The molecule has 0 saturated carbocycles. The van der Waals surface area contributed by atoms with E-state index in [1.807, 2.05) is 0 Å². The predicted molar refractivity (Wildman–Crippen MR) is 78.5 cm³/mol. The summed E-state index contributed by atoms with van der Waals surface area (Å²) in [4.78, 5) is 25.6. The molecule has 2 rings (SSSR count). The predicted octanol–water partition coefficient (Wildman–Crippen LogP) is 2.14. The number of carbonyl (C=O) groups excluding carboxylic acids is 1. The number of nitrogens with zero attached hydrogens (tertiary/aromatic N) is 1. The lowest BCUT2D eigenvalue weighted by molar-refractivity contribution is 0.0690. The van der Waals surface area contributed by atoms with Crippen LogP contribution >= 0.6 is 11.6 Å². The van der Waals surface area contributed by atoms with Crippen molar-refractivity contribution in [2.75, 3.05) is 5.32 Å². The molecule has 0 bridgehead atoms. The third kappa shape index (κ3) is 3.70. The summed E-state index contributed by atoms with van der Waals surface area (Å²) in [5.41, 5.74) is 6.95. The highest BCUT2D eigenvalue weighted by Crippen LogP contribution is 2.21. The van der Waals surface area contributed by atoms with Crippen LogP contribution in [0.2, 0.25) is 5.02 Å². The zero-order valence-electron chi connectivity index (χ0n) is 10.8. The van der Waals surface area contributed by atoms with Crippen molar-refractivity contribution in [3.63, 3.8) is 0 Å². The number of halogens is 1. The van der Waals surface area contributed by atoms with Crippen LogP contribution in [0.3, 0.4) is 0 Å². The number of hydrogen-bond acceptors (Lipinski definition) is 4. The Hall–Kier alpha value is -2.60. The SMILES string of the molecule is NC(=O)c1ccc(NCc2ccc(C(=O)O)nc2)cc1Cl. The first-order valence-corrected chi connectivity index (χ1v) is 6.36. The van der Waals surface area contributed by atoms with E-state index >= 15 is 0 Å². The molecule has 1 amide bonds. The van der Waals surface area contributed by atoms with Crippen molar-refractivity contribution in [2.24, 2.45) is 5.73 Å². The minimum absolute atomic E-state index is 0.00685. The molecule has 1 heterocycles. The van der Waals surface area contributed by atoms with Gasteiger partial charge in [-0.05, 0) is 29.8 Å². The molecule has 0 aliphatic carbocycles. The van der Waals surface area contributed by atoms with Gasteiger partial charge < -0.3 is 16.2 Å². The van der Waals surface area contributed by atoms with Gasteiger partial charge >= 0.3 is 5.97 Å². The van der Waals surface area contributed by atoms with Gasteiger partial charge in [0.25, 0.3) is 0 Å². The maximum Gasteiger partial charge on any atom is 0.354 e. The summed E-state index contributed by atoms with van der Waals surface area (Å²) in [5, 5.41) is 12.1. The number of carbonyl (C=O) groups is 2. The number of nitrogens with one attached hydrogen (secondary N) is 1. The first-order valence-electron chi connectivity index (χ1n) is 5.99. The molecule has 4 N–H and O–H groups in total. The van der Waals surface area contributed by atoms with Crippen LogP contribution in [0.25, 0.3) is 0 Å². The minimum Gasteiger partial charge on any atom is -0.477 e. The Balaban J connectivity index is 2.04. The second kappa shape index (κ2) is 6.23. The van der Waals surface area contributed by atoms with Crippen LogP contribution in [0, 0.1) is 0 Å². The fraction of sp³-hybridized carbons (Fsp3) is 0.0714. The Kier molecular flexibility index (Phi) is 4.39. The summed E-state index contributed by atoms with van der Waals surface area (Å²) in [7, 11) is 0. The molecule has 1 aromatic heterocycles. The summed E-state index contributed by atoms with van der Waals surface area (Å²) < 4.78 is 0. The van der Waals surface area contributed by atoms with Gasteiger partial charge in [0.05, 0.1) is 10.6 Å². The van der Waals surface area contributed by atoms with Crippen LogP contribution in [-0.4, -0.2) is 22.0 Å². The van der Waals surface area contributed by atoms with Gasteiger partial charge in [-0.3, -0.25) is 4.79 Å². The molecule has 0 unspecified atom stereocenters. The van der Waals surface area contributed by atoms with Gasteiger partial charge in [0.1, 0.15) is 5.69 Å². The van der Waals surface area contributed by atoms with Gasteiger partial charge in [-0.25, -0.2) is 9.78 Å². The largest absolute Gasteiger partial charge is 0.477 e. The van der Waals surface area contributed by atoms with Crippen molar-refractivity contribution >= 4 is 29.2 Å². The highest BCUT2D eigenvalue weighted by Gasteiger charge is 2.07. The van der Waals surface area contributed by atoms with Gasteiger partial charge in [0.2, 0.25) is 5.91 Å². The molecule has 0 spiro atoms. The number of nitrogens with two attached hydrogens (primary N) is 1. The molecule has 0 aliphatic rings. The van der Waals surface area contributed by atoms with Crippen LogP contribution in [0.4, 0.5) is 5.69 Å². The van der Waals surface area contributed by atoms with E-state index in [4.69, 9.17) is 22.4 Å². The minimum atomic E-state index is -1.07. The average molecular weight is 306 g/mol. The van der Waals surface area contributed by atoms with Gasteiger partial charge in [0, 0.05) is 18.4 Å². The van der Waals surface area contributed by atoms with Crippen molar-refractivity contribution in [1.29, 1.82) is 0 Å². The van der Waals surface area contributed by atoms with E-state index in [-0.39, 0.29) is 16.3 Å². The number of aromatic nitrogens is 1. The number of carboxylic acids is 1. The van der Waals surface area contributed by atoms with Crippen LogP contribution in [0.15, 0.2) is 36.5 Å². The van der Waals surface area contributed by atoms with Gasteiger partial charge in [-0.1, -0.05) is 17.7 Å². The van der Waals surface area contributed by atoms with E-state index in [0.717, 1.165) is 5.56 Å². The van der Waals surface area contributed by atoms with Crippen molar-refractivity contribution in [3.05, 3.63) is 58.4 Å². The summed E-state index contributed by atoms with van der Waals surface area (Å²) in [6.45, 7) is 0.444. The number of benzene rings is 1. The number of carboxylic acid groups (broad SMARTS) is 1. The lowest BCUT2D eigenvalue weighted by Crippen LogP contribution is -2.11. The molecule has 0 saturated heterocycles. The molecule has 0 atom stereocenters. The summed E-state index contributed by atoms with van der Waals surface area (Å²) in [6.07, 6.45) is 1.48. The lowest BCUT2D eigenvalue weighted by Gasteiger charge is -2.08. The number of hydrogen-bond donors (Lipinski definition) is 3. The van der Waals surface area contributed by atoms with Gasteiger partial charge in [-0.15, -0.1) is 0 Å². The fourth-order valence-corrected chi connectivity index (χ4v) is 1.96. The topological polar surface area (TPSA) is 105 Å². The Morgan fingerprint density at radius 3 is 2.57 bits per heavy atom. The Labute approximate surface area is 125 Å². The van der Waals surface area contributed by atoms with Crippen LogP contribution in [0.1, 0.15) is 26.4 Å². The van der Waals surface area contributed by atoms with Crippen LogP contribution in [-0.2, 0) is 6.54 Å². The molecule has 7 heteroatoms. The van der Waals surface area contributed by atoms with E-state index < -0.39 is 11.9 Å². The summed E-state index contributed by atoms with van der Waals surface area (Å²) in [6, 6.07) is 7.93. The van der Waals surface area contributed by atoms with Crippen molar-refractivity contribution in [3.8, 4) is 0 Å². The molecular formula is C14H12ClN3O3. The summed E-state index contributed by atoms with van der Waals surface area (Å²) >= 11 is 5.94. The second-order valence-corrected chi connectivity index (χ2v) is 4.68. The zero-order chi connectivity index (χ0) is 15.4. The van der Waals surface area contributed by atoms with Crippen molar-refractivity contribution < 1.29 is 14.7 Å². The Morgan fingerprint density at radius 1 is 1.29 bits per heavy atom. The Morgan fingerprint density at radius 2 is 2.05 bits per heavy atom. The summed E-state index contributed by atoms with van der Waals surface area (Å²) in [5.74, 6) is -1.65. The third-order valence-electron chi connectivity index (χ3n) is 2.78. The lowest BCUT2D eigenvalue weighted by atomic mass is 10.2. The van der Waals surface area contributed by atoms with E-state index in [1.165, 1.54) is 12.3 Å². The molecule has 0 fully saturated rings. The Bertz CT molecular complexity index is 686. The number of pyridine rings is 1. The van der Waals surface area contributed by atoms with Crippen molar-refractivity contribution in [2.45, 2.75) is 6.54 Å². The van der Waals surface area contributed by atoms with Crippen LogP contribution < -0.4 is 11.1 Å². The zero-order valence-corrected chi connectivity index (χ0v) is 11.6. The molecule has 0 aliphatic heterocycles. The smallest absolute Gasteiger partial charge is 0.354 e. The first-order chi connectivity index (χ1) is 9.97. The third-order valence-corrected chi connectivity index (χ3v) is 3.09. The second-order valence-electron chi connectivity index (χ2n) is 4.27. The molecule has 1 aromatic carbocycles. The molecular weight excluding hydrogens is 294 g/mol. The van der Waals surface area contributed by atoms with E-state index in [2.05, 4.69) is 10.3 Å². The molecule has 0 radical (unpaired) electrons. The monoisotopic (exact) mass is 305 g/mol. The first kappa shape index (κ1) is 14.8. The number of primary amides is 1. The maximum atomic E-state index is 11.1. The highest BCUT2D eigenvalue weighted by molar-refractivity contribution is 6.34. The van der Waals surface area contributed by atoms with Gasteiger partial charge in [-0.2, -0.15) is 0 Å². The number of aromatic carboxylic acids is 1. The quantitative estimate of drug-likeness (QED) is 0.785. The highest BCUT2D eigenvalue weighted by atomic mass is 35.5. The number of anilines is 1. The number of rotatable bonds is 5. The molecule has 21 heavy (non-hydrogen) atoms. The maximum absolute atomic E-state index is 11.1. The van der Waals surface area contributed by atoms with Gasteiger partial charge in [0.15, 0.2) is 0 Å². The fourth-order valence-electron chi connectivity index (χ4n) is 1.68.